The molecule has 0 saturated heterocycles. The molecule has 0 aliphatic heterocycles. The van der Waals surface area contributed by atoms with E-state index in [4.69, 9.17) is 9.52 Å². The lowest BCUT2D eigenvalue weighted by Crippen LogP contribution is -2.21. The zero-order valence-electron chi connectivity index (χ0n) is 12.8. The summed E-state index contributed by atoms with van der Waals surface area (Å²) in [5, 5.41) is 11.5. The molecule has 122 valence electrons. The fourth-order valence-corrected chi connectivity index (χ4v) is 3.05. The SMILES string of the molecule is Cc1cccc(C)c1NC(=O)CS(=O)Cc1ccc(C(=O)O)o1. The topological polar surface area (TPSA) is 96.6 Å². The highest BCUT2D eigenvalue weighted by Crippen LogP contribution is 2.19. The average molecular weight is 335 g/mol. The van der Waals surface area contributed by atoms with Crippen LogP contribution in [0.15, 0.2) is 34.7 Å². The van der Waals surface area contributed by atoms with E-state index in [2.05, 4.69) is 5.32 Å². The van der Waals surface area contributed by atoms with Gasteiger partial charge in [-0.3, -0.25) is 9.00 Å². The Morgan fingerprint density at radius 3 is 2.39 bits per heavy atom. The third-order valence-corrected chi connectivity index (χ3v) is 4.40. The van der Waals surface area contributed by atoms with E-state index >= 15 is 0 Å². The minimum atomic E-state index is -1.49. The second-order valence-corrected chi connectivity index (χ2v) is 6.57. The van der Waals surface area contributed by atoms with Crippen LogP contribution in [0.1, 0.15) is 27.4 Å². The summed E-state index contributed by atoms with van der Waals surface area (Å²) in [6.45, 7) is 3.77. The third-order valence-electron chi connectivity index (χ3n) is 3.21. The number of carbonyl (C=O) groups is 2. The molecule has 2 aromatic rings. The Labute approximate surface area is 136 Å². The van der Waals surface area contributed by atoms with Gasteiger partial charge in [-0.1, -0.05) is 18.2 Å². The first-order chi connectivity index (χ1) is 10.9. The zero-order chi connectivity index (χ0) is 17.0. The summed E-state index contributed by atoms with van der Waals surface area (Å²) in [6, 6.07) is 8.41. The fraction of sp³-hybridized carbons (Fsp3) is 0.250. The number of carbonyl (C=O) groups excluding carboxylic acids is 1. The summed E-state index contributed by atoms with van der Waals surface area (Å²) in [4.78, 5) is 22.7. The van der Waals surface area contributed by atoms with Gasteiger partial charge in [0.25, 0.3) is 0 Å². The van der Waals surface area contributed by atoms with E-state index in [0.717, 1.165) is 16.8 Å². The summed E-state index contributed by atoms with van der Waals surface area (Å²) < 4.78 is 17.0. The van der Waals surface area contributed by atoms with Gasteiger partial charge in [0.2, 0.25) is 11.7 Å². The average Bonchev–Trinajstić information content (AvgIpc) is 2.91. The molecule has 0 aliphatic carbocycles. The standard InChI is InChI=1S/C16H17NO5S/c1-10-4-3-5-11(2)15(10)17-14(18)9-23(21)8-12-6-7-13(22-12)16(19)20/h3-7H,8-9H2,1-2H3,(H,17,18)(H,19,20). The van der Waals surface area contributed by atoms with Crippen LogP contribution in [-0.4, -0.2) is 26.9 Å². The first-order valence-corrected chi connectivity index (χ1v) is 8.38. The highest BCUT2D eigenvalue weighted by Gasteiger charge is 2.15. The fourth-order valence-electron chi connectivity index (χ4n) is 2.11. The van der Waals surface area contributed by atoms with E-state index in [1.807, 2.05) is 32.0 Å². The minimum Gasteiger partial charge on any atom is -0.475 e. The maximum Gasteiger partial charge on any atom is 0.371 e. The number of carboxylic acid groups (broad SMARTS) is 1. The van der Waals surface area contributed by atoms with Crippen LogP contribution in [0.5, 0.6) is 0 Å². The molecule has 0 fully saturated rings. The Morgan fingerprint density at radius 2 is 1.83 bits per heavy atom. The van der Waals surface area contributed by atoms with Crippen molar-refractivity contribution >= 4 is 28.4 Å². The monoisotopic (exact) mass is 335 g/mol. The number of nitrogens with one attached hydrogen (secondary N) is 1. The van der Waals surface area contributed by atoms with E-state index in [1.165, 1.54) is 12.1 Å². The number of benzene rings is 1. The van der Waals surface area contributed by atoms with Gasteiger partial charge in [-0.2, -0.15) is 0 Å². The molecule has 0 aliphatic rings. The molecule has 6 nitrogen and oxygen atoms in total. The van der Waals surface area contributed by atoms with Crippen molar-refractivity contribution in [2.24, 2.45) is 0 Å². The first kappa shape index (κ1) is 17.0. The number of carboxylic acids is 1. The van der Waals surface area contributed by atoms with E-state index in [9.17, 15) is 13.8 Å². The Balaban J connectivity index is 1.94. The Hall–Kier alpha value is -2.41. The summed E-state index contributed by atoms with van der Waals surface area (Å²) in [6.07, 6.45) is 0. The number of anilines is 1. The molecule has 2 rings (SSSR count). The highest BCUT2D eigenvalue weighted by molar-refractivity contribution is 7.84. The molecule has 1 amide bonds. The molecule has 7 heteroatoms. The van der Waals surface area contributed by atoms with Crippen LogP contribution in [0.25, 0.3) is 0 Å². The molecule has 1 aromatic carbocycles. The summed E-state index contributed by atoms with van der Waals surface area (Å²) >= 11 is 0. The zero-order valence-corrected chi connectivity index (χ0v) is 13.6. The van der Waals surface area contributed by atoms with Gasteiger partial charge in [-0.15, -0.1) is 0 Å². The number of aromatic carboxylic acids is 1. The van der Waals surface area contributed by atoms with E-state index in [-0.39, 0.29) is 28.9 Å². The number of amides is 1. The molecule has 0 radical (unpaired) electrons. The molecule has 23 heavy (non-hydrogen) atoms. The van der Waals surface area contributed by atoms with Crippen molar-refractivity contribution in [2.45, 2.75) is 19.6 Å². The second kappa shape index (κ2) is 7.23. The van der Waals surface area contributed by atoms with Crippen LogP contribution in [0.2, 0.25) is 0 Å². The second-order valence-electron chi connectivity index (χ2n) is 5.11. The van der Waals surface area contributed by atoms with Gasteiger partial charge in [0.05, 0.1) is 5.75 Å². The van der Waals surface area contributed by atoms with Gasteiger partial charge in [0.15, 0.2) is 0 Å². The van der Waals surface area contributed by atoms with Crippen molar-refractivity contribution in [2.75, 3.05) is 11.1 Å². The van der Waals surface area contributed by atoms with Crippen LogP contribution in [0.4, 0.5) is 5.69 Å². The van der Waals surface area contributed by atoms with Crippen molar-refractivity contribution in [1.29, 1.82) is 0 Å². The Morgan fingerprint density at radius 1 is 1.17 bits per heavy atom. The molecule has 0 spiro atoms. The molecule has 1 aromatic heterocycles. The predicted octanol–water partition coefficient (Wildman–Crippen LogP) is 2.48. The van der Waals surface area contributed by atoms with Crippen molar-refractivity contribution < 1.29 is 23.3 Å². The van der Waals surface area contributed by atoms with Gasteiger partial charge >= 0.3 is 5.97 Å². The molecular formula is C16H17NO5S. The lowest BCUT2D eigenvalue weighted by Gasteiger charge is -2.11. The summed E-state index contributed by atoms with van der Waals surface area (Å²) in [5.41, 5.74) is 2.59. The largest absolute Gasteiger partial charge is 0.475 e. The highest BCUT2D eigenvalue weighted by atomic mass is 32.2. The molecule has 1 unspecified atom stereocenters. The lowest BCUT2D eigenvalue weighted by atomic mass is 10.1. The van der Waals surface area contributed by atoms with Crippen LogP contribution in [-0.2, 0) is 21.3 Å². The minimum absolute atomic E-state index is 0.00649. The number of furan rings is 1. The maximum absolute atomic E-state index is 12.0. The van der Waals surface area contributed by atoms with Crippen LogP contribution in [0.3, 0.4) is 0 Å². The van der Waals surface area contributed by atoms with Gasteiger partial charge in [0.1, 0.15) is 11.5 Å². The third kappa shape index (κ3) is 4.53. The molecule has 1 atom stereocenters. The van der Waals surface area contributed by atoms with Crippen molar-refractivity contribution in [3.8, 4) is 0 Å². The van der Waals surface area contributed by atoms with E-state index in [1.54, 1.807) is 0 Å². The van der Waals surface area contributed by atoms with Crippen LogP contribution < -0.4 is 5.32 Å². The van der Waals surface area contributed by atoms with E-state index in [0.29, 0.717) is 0 Å². The molecular weight excluding hydrogens is 318 g/mol. The quantitative estimate of drug-likeness (QED) is 0.845. The van der Waals surface area contributed by atoms with Crippen LogP contribution in [0, 0.1) is 13.8 Å². The summed E-state index contributed by atoms with van der Waals surface area (Å²) in [7, 11) is -1.49. The Bertz CT molecular complexity index is 745. The number of hydrogen-bond acceptors (Lipinski definition) is 4. The Kier molecular flexibility index (Phi) is 5.33. The number of rotatable bonds is 6. The summed E-state index contributed by atoms with van der Waals surface area (Å²) in [5.74, 6) is -1.66. The molecule has 0 saturated carbocycles. The van der Waals surface area contributed by atoms with Crippen molar-refractivity contribution in [3.63, 3.8) is 0 Å². The number of aryl methyl sites for hydroxylation is 2. The van der Waals surface area contributed by atoms with Crippen molar-refractivity contribution in [3.05, 3.63) is 53.0 Å². The molecule has 1 heterocycles. The lowest BCUT2D eigenvalue weighted by molar-refractivity contribution is -0.113. The number of hydrogen-bond donors (Lipinski definition) is 2. The maximum atomic E-state index is 12.0. The van der Waals surface area contributed by atoms with Crippen molar-refractivity contribution in [1.82, 2.24) is 0 Å². The van der Waals surface area contributed by atoms with Gasteiger partial charge in [-0.05, 0) is 37.1 Å². The van der Waals surface area contributed by atoms with Crippen LogP contribution >= 0.6 is 0 Å². The first-order valence-electron chi connectivity index (χ1n) is 6.90. The van der Waals surface area contributed by atoms with Gasteiger partial charge in [0, 0.05) is 16.5 Å². The number of para-hydroxylation sites is 1. The predicted molar refractivity (Wildman–Crippen MR) is 86.9 cm³/mol. The molecule has 0 bridgehead atoms. The van der Waals surface area contributed by atoms with Gasteiger partial charge in [-0.25, -0.2) is 4.79 Å². The normalized spacial score (nSPS) is 11.9. The molecule has 2 N–H and O–H groups in total. The van der Waals surface area contributed by atoms with Gasteiger partial charge < -0.3 is 14.8 Å². The van der Waals surface area contributed by atoms with E-state index < -0.39 is 16.8 Å². The smallest absolute Gasteiger partial charge is 0.371 e.